The van der Waals surface area contributed by atoms with Crippen molar-refractivity contribution in [3.63, 3.8) is 0 Å². The molecule has 0 aromatic carbocycles. The van der Waals surface area contributed by atoms with Crippen LogP contribution in [0.3, 0.4) is 0 Å². The Labute approximate surface area is 118 Å². The highest BCUT2D eigenvalue weighted by atomic mass is 16.2. The van der Waals surface area contributed by atoms with Gasteiger partial charge in [-0.05, 0) is 52.1 Å². The van der Waals surface area contributed by atoms with Crippen molar-refractivity contribution in [2.75, 3.05) is 19.6 Å². The molecule has 2 aliphatic rings. The molecule has 1 atom stereocenters. The lowest BCUT2D eigenvalue weighted by atomic mass is 9.74. The molecule has 0 bridgehead atoms. The average molecular weight is 266 g/mol. The van der Waals surface area contributed by atoms with E-state index >= 15 is 0 Å². The van der Waals surface area contributed by atoms with E-state index in [1.807, 2.05) is 0 Å². The highest BCUT2D eigenvalue weighted by Crippen LogP contribution is 2.37. The molecular weight excluding hydrogens is 236 g/mol. The summed E-state index contributed by atoms with van der Waals surface area (Å²) in [4.78, 5) is 15.3. The standard InChI is InChI=1S/C16H30N2O/c1-3-8-16(9-11-17-12-10-16)15(19)18-13-6-4-5-7-14(18)2/h14,17H,3-13H2,1-2H3. The molecule has 0 spiro atoms. The van der Waals surface area contributed by atoms with Crippen LogP contribution in [0.25, 0.3) is 0 Å². The summed E-state index contributed by atoms with van der Waals surface area (Å²) >= 11 is 0. The summed E-state index contributed by atoms with van der Waals surface area (Å²) < 4.78 is 0. The normalized spacial score (nSPS) is 27.9. The van der Waals surface area contributed by atoms with Crippen molar-refractivity contribution in [1.29, 1.82) is 0 Å². The summed E-state index contributed by atoms with van der Waals surface area (Å²) in [7, 11) is 0. The van der Waals surface area contributed by atoms with Crippen LogP contribution in [0, 0.1) is 5.41 Å². The molecule has 2 heterocycles. The topological polar surface area (TPSA) is 32.3 Å². The van der Waals surface area contributed by atoms with Crippen molar-refractivity contribution in [2.24, 2.45) is 5.41 Å². The molecule has 0 aromatic rings. The lowest BCUT2D eigenvalue weighted by Crippen LogP contribution is -2.51. The van der Waals surface area contributed by atoms with Gasteiger partial charge in [-0.15, -0.1) is 0 Å². The minimum absolute atomic E-state index is 0.0569. The number of hydrogen-bond donors (Lipinski definition) is 1. The minimum Gasteiger partial charge on any atom is -0.340 e. The second-order valence-electron chi connectivity index (χ2n) is 6.48. The van der Waals surface area contributed by atoms with Gasteiger partial charge in [-0.25, -0.2) is 0 Å². The third kappa shape index (κ3) is 3.31. The predicted octanol–water partition coefficient (Wildman–Crippen LogP) is 2.95. The summed E-state index contributed by atoms with van der Waals surface area (Å²) in [6, 6.07) is 0.443. The summed E-state index contributed by atoms with van der Waals surface area (Å²) in [5, 5.41) is 3.41. The SMILES string of the molecule is CCCC1(C(=O)N2CCCCCC2C)CCNCC1. The summed E-state index contributed by atoms with van der Waals surface area (Å²) in [6.07, 6.45) is 9.20. The Morgan fingerprint density at radius 3 is 2.68 bits per heavy atom. The van der Waals surface area contributed by atoms with Crippen LogP contribution in [-0.2, 0) is 4.79 Å². The van der Waals surface area contributed by atoms with Crippen LogP contribution in [0.5, 0.6) is 0 Å². The largest absolute Gasteiger partial charge is 0.340 e. The molecule has 2 fully saturated rings. The first-order chi connectivity index (χ1) is 9.19. The van der Waals surface area contributed by atoms with Crippen LogP contribution < -0.4 is 5.32 Å². The number of nitrogens with zero attached hydrogens (tertiary/aromatic N) is 1. The molecule has 3 nitrogen and oxygen atoms in total. The Morgan fingerprint density at radius 1 is 1.26 bits per heavy atom. The number of likely N-dealkylation sites (tertiary alicyclic amines) is 1. The first-order valence-corrected chi connectivity index (χ1v) is 8.21. The summed E-state index contributed by atoms with van der Waals surface area (Å²) in [5.41, 5.74) is -0.0569. The van der Waals surface area contributed by atoms with E-state index in [-0.39, 0.29) is 5.41 Å². The van der Waals surface area contributed by atoms with Gasteiger partial charge >= 0.3 is 0 Å². The fourth-order valence-corrected chi connectivity index (χ4v) is 3.84. The number of nitrogens with one attached hydrogen (secondary N) is 1. The van der Waals surface area contributed by atoms with Gasteiger partial charge in [0.25, 0.3) is 0 Å². The number of hydrogen-bond acceptors (Lipinski definition) is 2. The van der Waals surface area contributed by atoms with Gasteiger partial charge in [0.1, 0.15) is 0 Å². The molecule has 2 aliphatic heterocycles. The molecule has 0 aliphatic carbocycles. The molecule has 1 unspecified atom stereocenters. The smallest absolute Gasteiger partial charge is 0.229 e. The average Bonchev–Trinajstić information content (AvgIpc) is 2.64. The van der Waals surface area contributed by atoms with Crippen molar-refractivity contribution in [1.82, 2.24) is 10.2 Å². The van der Waals surface area contributed by atoms with Crippen molar-refractivity contribution in [3.05, 3.63) is 0 Å². The predicted molar refractivity (Wildman–Crippen MR) is 79.1 cm³/mol. The molecule has 0 radical (unpaired) electrons. The quantitative estimate of drug-likeness (QED) is 0.852. The number of rotatable bonds is 3. The van der Waals surface area contributed by atoms with Gasteiger partial charge in [0.2, 0.25) is 5.91 Å². The maximum absolute atomic E-state index is 13.1. The number of amides is 1. The van der Waals surface area contributed by atoms with E-state index in [2.05, 4.69) is 24.1 Å². The van der Waals surface area contributed by atoms with Gasteiger partial charge in [0.05, 0.1) is 5.41 Å². The van der Waals surface area contributed by atoms with E-state index in [0.717, 1.165) is 45.3 Å². The maximum Gasteiger partial charge on any atom is 0.229 e. The lowest BCUT2D eigenvalue weighted by Gasteiger charge is -2.41. The molecule has 1 amide bonds. The summed E-state index contributed by atoms with van der Waals surface area (Å²) in [6.45, 7) is 7.45. The number of carbonyl (C=O) groups is 1. The molecular formula is C16H30N2O. The zero-order chi connectivity index (χ0) is 13.7. The minimum atomic E-state index is -0.0569. The molecule has 3 heteroatoms. The van der Waals surface area contributed by atoms with Crippen LogP contribution in [0.4, 0.5) is 0 Å². The molecule has 19 heavy (non-hydrogen) atoms. The van der Waals surface area contributed by atoms with Gasteiger partial charge in [0, 0.05) is 12.6 Å². The van der Waals surface area contributed by atoms with Gasteiger partial charge in [-0.2, -0.15) is 0 Å². The molecule has 0 aromatic heterocycles. The Kier molecular flexibility index (Phi) is 5.26. The van der Waals surface area contributed by atoms with E-state index in [4.69, 9.17) is 0 Å². The highest BCUT2D eigenvalue weighted by molar-refractivity contribution is 5.83. The Hall–Kier alpha value is -0.570. The Bertz CT molecular complexity index is 292. The van der Waals surface area contributed by atoms with Crippen LogP contribution in [0.15, 0.2) is 0 Å². The van der Waals surface area contributed by atoms with Crippen molar-refractivity contribution in [2.45, 2.75) is 71.3 Å². The number of piperidine rings is 1. The van der Waals surface area contributed by atoms with Gasteiger partial charge in [-0.3, -0.25) is 4.79 Å². The molecule has 2 saturated heterocycles. The third-order valence-corrected chi connectivity index (χ3v) is 5.06. The zero-order valence-electron chi connectivity index (χ0n) is 12.7. The van der Waals surface area contributed by atoms with Crippen molar-refractivity contribution >= 4 is 5.91 Å². The van der Waals surface area contributed by atoms with Crippen molar-refractivity contribution < 1.29 is 4.79 Å². The van der Waals surface area contributed by atoms with Gasteiger partial charge in [-0.1, -0.05) is 26.2 Å². The van der Waals surface area contributed by atoms with E-state index in [1.165, 1.54) is 25.7 Å². The molecule has 0 saturated carbocycles. The van der Waals surface area contributed by atoms with Gasteiger partial charge < -0.3 is 10.2 Å². The maximum atomic E-state index is 13.1. The second kappa shape index (κ2) is 6.74. The first-order valence-electron chi connectivity index (χ1n) is 8.21. The van der Waals surface area contributed by atoms with E-state index in [9.17, 15) is 4.79 Å². The fourth-order valence-electron chi connectivity index (χ4n) is 3.84. The van der Waals surface area contributed by atoms with E-state index in [0.29, 0.717) is 11.9 Å². The van der Waals surface area contributed by atoms with E-state index < -0.39 is 0 Å². The second-order valence-corrected chi connectivity index (χ2v) is 6.48. The number of carbonyl (C=O) groups excluding carboxylic acids is 1. The zero-order valence-corrected chi connectivity index (χ0v) is 12.7. The van der Waals surface area contributed by atoms with E-state index in [1.54, 1.807) is 0 Å². The van der Waals surface area contributed by atoms with Crippen LogP contribution in [0.2, 0.25) is 0 Å². The lowest BCUT2D eigenvalue weighted by molar-refractivity contribution is -0.146. The van der Waals surface area contributed by atoms with Crippen molar-refractivity contribution in [3.8, 4) is 0 Å². The van der Waals surface area contributed by atoms with Gasteiger partial charge in [0.15, 0.2) is 0 Å². The van der Waals surface area contributed by atoms with Crippen LogP contribution in [0.1, 0.15) is 65.2 Å². The Balaban J connectivity index is 2.13. The third-order valence-electron chi connectivity index (χ3n) is 5.06. The molecule has 2 rings (SSSR count). The summed E-state index contributed by atoms with van der Waals surface area (Å²) in [5.74, 6) is 0.463. The van der Waals surface area contributed by atoms with Crippen LogP contribution >= 0.6 is 0 Å². The van der Waals surface area contributed by atoms with Crippen LogP contribution in [-0.4, -0.2) is 36.5 Å². The first kappa shape index (κ1) is 14.8. The fraction of sp³-hybridized carbons (Fsp3) is 0.938. The molecule has 1 N–H and O–H groups in total. The molecule has 110 valence electrons. The Morgan fingerprint density at radius 2 is 2.00 bits per heavy atom. The highest BCUT2D eigenvalue weighted by Gasteiger charge is 2.42. The monoisotopic (exact) mass is 266 g/mol.